The zero-order chi connectivity index (χ0) is 26.5. The monoisotopic (exact) mass is 510 g/mol. The second-order valence-corrected chi connectivity index (χ2v) is 12.6. The molecule has 0 saturated carbocycles. The molecule has 3 rings (SSSR count). The number of carbonyl (C=O) groups is 1. The highest BCUT2D eigenvalue weighted by Gasteiger charge is 2.33. The summed E-state index contributed by atoms with van der Waals surface area (Å²) in [6, 6.07) is 14.4. The molecule has 2 N–H and O–H groups in total. The quantitative estimate of drug-likeness (QED) is 0.306. The highest BCUT2D eigenvalue weighted by molar-refractivity contribution is 6.48. The Kier molecular flexibility index (Phi) is 9.08. The van der Waals surface area contributed by atoms with Crippen LogP contribution in [-0.2, 0) is 11.0 Å². The van der Waals surface area contributed by atoms with E-state index < -0.39 is 14.9 Å². The fourth-order valence-electron chi connectivity index (χ4n) is 4.18. The maximum atomic E-state index is 14.3. The van der Waals surface area contributed by atoms with Gasteiger partial charge in [-0.25, -0.2) is 9.37 Å². The smallest absolute Gasteiger partial charge is 0.268 e. The number of amides is 1. The van der Waals surface area contributed by atoms with E-state index in [2.05, 4.69) is 45.8 Å². The van der Waals surface area contributed by atoms with E-state index in [1.807, 2.05) is 34.9 Å². The molecule has 2 aromatic carbocycles. The van der Waals surface area contributed by atoms with Crippen molar-refractivity contribution in [1.29, 1.82) is 0 Å². The molecule has 3 aromatic rings. The van der Waals surface area contributed by atoms with Crippen molar-refractivity contribution in [1.82, 2.24) is 9.55 Å². The summed E-state index contributed by atoms with van der Waals surface area (Å²) in [5.41, 5.74) is 7.47. The molecular weight excluding hydrogens is 473 g/mol. The van der Waals surface area contributed by atoms with Gasteiger partial charge < -0.3 is 19.5 Å². The molecule has 1 aromatic heterocycles. The van der Waals surface area contributed by atoms with Crippen LogP contribution in [0.15, 0.2) is 61.1 Å². The normalized spacial score (nSPS) is 14.4. The average Bonchev–Trinajstić information content (AvgIpc) is 3.30. The van der Waals surface area contributed by atoms with Gasteiger partial charge in [-0.1, -0.05) is 58.0 Å². The number of hydrogen-bond donors (Lipinski definition) is 1. The number of carbonyl (C=O) groups excluding carboxylic acids is 1. The fraction of sp³-hybridized carbons (Fsp3) is 0.429. The summed E-state index contributed by atoms with van der Waals surface area (Å²) in [6.07, 6.45) is 3.61. The molecule has 3 atom stereocenters. The summed E-state index contributed by atoms with van der Waals surface area (Å²) in [5, 5.41) is 0. The van der Waals surface area contributed by atoms with Crippen molar-refractivity contribution in [2.24, 2.45) is 17.1 Å². The summed E-state index contributed by atoms with van der Waals surface area (Å²) < 4.78 is 28.9. The lowest BCUT2D eigenvalue weighted by molar-refractivity contribution is 0.0995. The van der Waals surface area contributed by atoms with Crippen LogP contribution in [0.1, 0.15) is 67.9 Å². The second kappa shape index (κ2) is 11.8. The molecule has 0 bridgehead atoms. The number of primary amides is 1. The molecule has 0 aliphatic carbocycles. The Morgan fingerprint density at radius 2 is 1.86 bits per heavy atom. The zero-order valence-electron chi connectivity index (χ0n) is 22.0. The number of halogens is 1. The van der Waals surface area contributed by atoms with Crippen LogP contribution in [0.25, 0.3) is 0 Å². The predicted molar refractivity (Wildman–Crippen MR) is 141 cm³/mol. The van der Waals surface area contributed by atoms with Crippen molar-refractivity contribution in [2.45, 2.75) is 66.0 Å². The number of benzene rings is 2. The van der Waals surface area contributed by atoms with E-state index in [9.17, 15) is 9.18 Å². The van der Waals surface area contributed by atoms with Gasteiger partial charge in [0.2, 0.25) is 9.04 Å². The minimum Gasteiger partial charge on any atom is -0.488 e. The number of aromatic nitrogens is 2. The Balaban J connectivity index is 1.99. The van der Waals surface area contributed by atoms with Crippen LogP contribution >= 0.6 is 0 Å². The van der Waals surface area contributed by atoms with Crippen LogP contribution in [0.2, 0.25) is 13.1 Å². The molecule has 0 saturated heterocycles. The molecule has 1 unspecified atom stereocenters. The SMILES string of the molecule is C[C@H]([C@@H](CC(O[Si](C)C)c1ccc(F)cc1OCc1ccccc1)n1cnc(C(N)=O)c1)C(C)(C)C. The summed E-state index contributed by atoms with van der Waals surface area (Å²) in [4.78, 5) is 15.9. The predicted octanol–water partition coefficient (Wildman–Crippen LogP) is 6.32. The summed E-state index contributed by atoms with van der Waals surface area (Å²) >= 11 is 0. The topological polar surface area (TPSA) is 79.4 Å². The van der Waals surface area contributed by atoms with E-state index in [1.165, 1.54) is 12.1 Å². The zero-order valence-corrected chi connectivity index (χ0v) is 23.0. The lowest BCUT2D eigenvalue weighted by Gasteiger charge is -2.37. The molecule has 6 nitrogen and oxygen atoms in total. The average molecular weight is 511 g/mol. The minimum atomic E-state index is -1.12. The minimum absolute atomic E-state index is 0.0337. The van der Waals surface area contributed by atoms with E-state index in [4.69, 9.17) is 14.9 Å². The number of rotatable bonds is 11. The fourth-order valence-corrected chi connectivity index (χ4v) is 4.98. The van der Waals surface area contributed by atoms with Crippen LogP contribution in [0, 0.1) is 17.2 Å². The van der Waals surface area contributed by atoms with Gasteiger partial charge in [0.25, 0.3) is 5.91 Å². The number of hydrogen-bond acceptors (Lipinski definition) is 4. The molecular formula is C28H37FN3O3Si. The Morgan fingerprint density at radius 1 is 1.17 bits per heavy atom. The molecule has 1 heterocycles. The summed E-state index contributed by atoms with van der Waals surface area (Å²) in [7, 11) is -1.12. The van der Waals surface area contributed by atoms with Gasteiger partial charge in [0.15, 0.2) is 0 Å². The maximum absolute atomic E-state index is 14.3. The molecule has 0 spiro atoms. The third-order valence-electron chi connectivity index (χ3n) is 6.57. The third-order valence-corrected chi connectivity index (χ3v) is 7.33. The Bertz CT molecular complexity index is 1140. The summed E-state index contributed by atoms with van der Waals surface area (Å²) in [6.45, 7) is 13.2. The largest absolute Gasteiger partial charge is 0.488 e. The van der Waals surface area contributed by atoms with Crippen molar-refractivity contribution in [3.05, 3.63) is 83.7 Å². The van der Waals surface area contributed by atoms with Gasteiger partial charge in [-0.3, -0.25) is 4.79 Å². The molecule has 36 heavy (non-hydrogen) atoms. The highest BCUT2D eigenvalue weighted by Crippen LogP contribution is 2.42. The Morgan fingerprint density at radius 3 is 2.44 bits per heavy atom. The van der Waals surface area contributed by atoms with E-state index in [0.29, 0.717) is 18.8 Å². The lowest BCUT2D eigenvalue weighted by atomic mass is 9.75. The van der Waals surface area contributed by atoms with Gasteiger partial charge in [0, 0.05) is 23.9 Å². The van der Waals surface area contributed by atoms with Crippen LogP contribution in [-0.4, -0.2) is 24.5 Å². The van der Waals surface area contributed by atoms with E-state index in [0.717, 1.165) is 11.1 Å². The van der Waals surface area contributed by atoms with Gasteiger partial charge in [0.05, 0.1) is 12.4 Å². The molecule has 193 valence electrons. The van der Waals surface area contributed by atoms with Gasteiger partial charge in [0.1, 0.15) is 23.9 Å². The van der Waals surface area contributed by atoms with Gasteiger partial charge in [-0.2, -0.15) is 0 Å². The maximum Gasteiger partial charge on any atom is 0.268 e. The van der Waals surface area contributed by atoms with Crippen molar-refractivity contribution < 1.29 is 18.3 Å². The highest BCUT2D eigenvalue weighted by atomic mass is 28.3. The first-order valence-electron chi connectivity index (χ1n) is 12.2. The molecule has 8 heteroatoms. The molecule has 1 amide bonds. The molecule has 0 aliphatic rings. The van der Waals surface area contributed by atoms with Crippen molar-refractivity contribution in [2.75, 3.05) is 0 Å². The molecule has 1 radical (unpaired) electrons. The number of nitrogens with zero attached hydrogens (tertiary/aromatic N) is 2. The van der Waals surface area contributed by atoms with Gasteiger partial charge in [-0.05, 0) is 48.5 Å². The standard InChI is InChI=1S/C28H37FN3O3Si/c1-19(28(2,3)4)24(32-16-23(27(30)33)31-18-32)15-26(35-36(5)6)22-13-12-21(29)14-25(22)34-17-20-10-8-7-9-11-20/h7-14,16,18-19,24,26H,15,17H2,1-6H3,(H2,30,33)/t19-,24-,26?/m1/s1. The number of imidazole rings is 1. The van der Waals surface area contributed by atoms with E-state index in [-0.39, 0.29) is 35.0 Å². The molecule has 0 aliphatic heterocycles. The first-order valence-corrected chi connectivity index (χ1v) is 14.6. The summed E-state index contributed by atoms with van der Waals surface area (Å²) in [5.74, 6) is -0.263. The van der Waals surface area contributed by atoms with Gasteiger partial charge in [-0.15, -0.1) is 0 Å². The van der Waals surface area contributed by atoms with Crippen LogP contribution < -0.4 is 10.5 Å². The Hall–Kier alpha value is -2.97. The Labute approximate surface area is 215 Å². The molecule has 0 fully saturated rings. The van der Waals surface area contributed by atoms with Gasteiger partial charge >= 0.3 is 0 Å². The first kappa shape index (κ1) is 27.6. The van der Waals surface area contributed by atoms with Crippen LogP contribution in [0.4, 0.5) is 4.39 Å². The number of ether oxygens (including phenoxy) is 1. The second-order valence-electron chi connectivity index (χ2n) is 10.5. The lowest BCUT2D eigenvalue weighted by Crippen LogP contribution is -2.30. The van der Waals surface area contributed by atoms with E-state index >= 15 is 0 Å². The van der Waals surface area contributed by atoms with Crippen molar-refractivity contribution in [3.63, 3.8) is 0 Å². The van der Waals surface area contributed by atoms with Crippen LogP contribution in [0.5, 0.6) is 5.75 Å². The van der Waals surface area contributed by atoms with E-state index in [1.54, 1.807) is 18.6 Å². The number of nitrogens with two attached hydrogens (primary N) is 1. The third kappa shape index (κ3) is 7.27. The first-order chi connectivity index (χ1) is 17.0. The van der Waals surface area contributed by atoms with Crippen molar-refractivity contribution in [3.8, 4) is 5.75 Å². The van der Waals surface area contributed by atoms with Crippen molar-refractivity contribution >= 4 is 14.9 Å². The van der Waals surface area contributed by atoms with Crippen LogP contribution in [0.3, 0.4) is 0 Å².